The van der Waals surface area contributed by atoms with E-state index in [0.717, 1.165) is 37.2 Å². The molecule has 9 heteroatoms. The lowest BCUT2D eigenvalue weighted by Crippen LogP contribution is -2.36. The quantitative estimate of drug-likeness (QED) is 0.479. The third kappa shape index (κ3) is 3.74. The van der Waals surface area contributed by atoms with Gasteiger partial charge in [0.2, 0.25) is 0 Å². The largest absolute Gasteiger partial charge is 0.290 e. The fraction of sp³-hybridized carbons (Fsp3) is 0.316. The highest BCUT2D eigenvalue weighted by atomic mass is 35.5. The second-order valence-electron chi connectivity index (χ2n) is 6.78. The van der Waals surface area contributed by atoms with Gasteiger partial charge in [-0.2, -0.15) is 4.68 Å². The molecule has 1 aromatic heterocycles. The maximum absolute atomic E-state index is 11.3. The van der Waals surface area contributed by atoms with Crippen molar-refractivity contribution in [3.8, 4) is 5.69 Å². The van der Waals surface area contributed by atoms with Gasteiger partial charge in [-0.15, -0.1) is 5.10 Å². The van der Waals surface area contributed by atoms with E-state index in [1.807, 2.05) is 18.2 Å². The lowest BCUT2D eigenvalue weighted by Gasteiger charge is -2.33. The van der Waals surface area contributed by atoms with Crippen molar-refractivity contribution in [1.29, 1.82) is 0 Å². The summed E-state index contributed by atoms with van der Waals surface area (Å²) < 4.78 is 1.66. The van der Waals surface area contributed by atoms with Crippen LogP contribution in [0, 0.1) is 10.1 Å². The first-order valence-corrected chi connectivity index (χ1v) is 9.54. The molecule has 0 amide bonds. The predicted octanol–water partition coefficient (Wildman–Crippen LogP) is 3.80. The fourth-order valence-corrected chi connectivity index (χ4v) is 3.85. The Morgan fingerprint density at radius 2 is 1.86 bits per heavy atom. The van der Waals surface area contributed by atoms with E-state index < -0.39 is 0 Å². The number of nitrogens with zero attached hydrogens (tertiary/aromatic N) is 6. The zero-order valence-electron chi connectivity index (χ0n) is 15.1. The fourth-order valence-electron chi connectivity index (χ4n) is 3.66. The molecule has 8 nitrogen and oxygen atoms in total. The van der Waals surface area contributed by atoms with Gasteiger partial charge >= 0.3 is 0 Å². The molecule has 4 rings (SSSR count). The number of hydrogen-bond donors (Lipinski definition) is 0. The summed E-state index contributed by atoms with van der Waals surface area (Å²) in [6.07, 6.45) is 3.33. The van der Waals surface area contributed by atoms with Crippen molar-refractivity contribution in [2.75, 3.05) is 13.1 Å². The van der Waals surface area contributed by atoms with Crippen LogP contribution in [0.1, 0.15) is 36.7 Å². The van der Waals surface area contributed by atoms with Gasteiger partial charge in [0.05, 0.1) is 16.7 Å². The average molecular weight is 399 g/mol. The van der Waals surface area contributed by atoms with Crippen LogP contribution in [-0.4, -0.2) is 43.1 Å². The molecule has 1 atom stereocenters. The lowest BCUT2D eigenvalue weighted by molar-refractivity contribution is -0.384. The van der Waals surface area contributed by atoms with Gasteiger partial charge in [0.25, 0.3) is 5.69 Å². The Kier molecular flexibility index (Phi) is 5.31. The molecule has 0 saturated carbocycles. The van der Waals surface area contributed by atoms with Crippen LogP contribution in [0.2, 0.25) is 5.02 Å². The molecule has 3 aromatic rings. The second kappa shape index (κ2) is 8.04. The number of non-ortho nitro benzene ring substituents is 1. The summed E-state index contributed by atoms with van der Waals surface area (Å²) in [5.74, 6) is 0.615. The van der Waals surface area contributed by atoms with Crippen molar-refractivity contribution < 1.29 is 4.92 Å². The first-order chi connectivity index (χ1) is 13.6. The lowest BCUT2D eigenvalue weighted by atomic mass is 10.00. The Balaban J connectivity index is 1.82. The van der Waals surface area contributed by atoms with Crippen molar-refractivity contribution in [2.24, 2.45) is 0 Å². The second-order valence-corrected chi connectivity index (χ2v) is 7.22. The molecular weight excluding hydrogens is 380 g/mol. The molecule has 2 aromatic carbocycles. The minimum atomic E-state index is -0.378. The number of likely N-dealkylation sites (tertiary alicyclic amines) is 1. The Hall–Kier alpha value is -2.84. The van der Waals surface area contributed by atoms with Gasteiger partial charge in [-0.3, -0.25) is 15.0 Å². The van der Waals surface area contributed by atoms with Crippen molar-refractivity contribution in [2.45, 2.75) is 25.3 Å². The van der Waals surface area contributed by atoms with E-state index in [1.165, 1.54) is 12.5 Å². The summed E-state index contributed by atoms with van der Waals surface area (Å²) in [5.41, 5.74) is 1.61. The SMILES string of the molecule is O=[N+]([O-])c1cccc([C@H](c2nnnn2-c2cccc(Cl)c2)N2CCCCC2)c1. The summed E-state index contributed by atoms with van der Waals surface area (Å²) in [6.45, 7) is 1.77. The summed E-state index contributed by atoms with van der Waals surface area (Å²) in [5, 5.41) is 24.2. The Morgan fingerprint density at radius 1 is 1.07 bits per heavy atom. The molecule has 2 heterocycles. The monoisotopic (exact) mass is 398 g/mol. The van der Waals surface area contributed by atoms with Crippen molar-refractivity contribution >= 4 is 17.3 Å². The van der Waals surface area contributed by atoms with E-state index in [4.69, 9.17) is 11.6 Å². The number of tetrazole rings is 1. The van der Waals surface area contributed by atoms with Crippen LogP contribution in [0.4, 0.5) is 5.69 Å². The molecular formula is C19H19ClN6O2. The summed E-state index contributed by atoms with van der Waals surface area (Å²) in [6, 6.07) is 13.7. The standard InChI is InChI=1S/C19H19ClN6O2/c20-15-7-5-8-16(13-15)25-19(21-22-23-25)18(24-10-2-1-3-11-24)14-6-4-9-17(12-14)26(27)28/h4-9,12-13,18H,1-3,10-11H2/t18-/m1/s1. The van der Waals surface area contributed by atoms with Gasteiger partial charge in [0, 0.05) is 17.2 Å². The van der Waals surface area contributed by atoms with Crippen LogP contribution in [-0.2, 0) is 0 Å². The molecule has 0 aliphatic carbocycles. The number of piperidine rings is 1. The molecule has 1 fully saturated rings. The summed E-state index contributed by atoms with van der Waals surface area (Å²) in [7, 11) is 0. The Bertz CT molecular complexity index is 986. The third-order valence-electron chi connectivity index (χ3n) is 4.94. The number of rotatable bonds is 5. The van der Waals surface area contributed by atoms with E-state index in [1.54, 1.807) is 28.9 Å². The molecule has 0 N–H and O–H groups in total. The number of hydrogen-bond acceptors (Lipinski definition) is 6. The van der Waals surface area contributed by atoms with E-state index in [2.05, 4.69) is 20.4 Å². The van der Waals surface area contributed by atoms with Crippen LogP contribution >= 0.6 is 11.6 Å². The number of halogens is 1. The predicted molar refractivity (Wildman–Crippen MR) is 105 cm³/mol. The van der Waals surface area contributed by atoms with Gasteiger partial charge in [-0.25, -0.2) is 0 Å². The smallest absolute Gasteiger partial charge is 0.269 e. The first-order valence-electron chi connectivity index (χ1n) is 9.16. The molecule has 144 valence electrons. The van der Waals surface area contributed by atoms with Crippen molar-refractivity contribution in [3.63, 3.8) is 0 Å². The van der Waals surface area contributed by atoms with E-state index >= 15 is 0 Å². The first kappa shape index (κ1) is 18.5. The highest BCUT2D eigenvalue weighted by Gasteiger charge is 2.30. The van der Waals surface area contributed by atoms with Gasteiger partial charge in [-0.1, -0.05) is 36.2 Å². The molecule has 0 spiro atoms. The molecule has 1 aliphatic heterocycles. The molecule has 0 unspecified atom stereocenters. The van der Waals surface area contributed by atoms with E-state index in [0.29, 0.717) is 10.8 Å². The van der Waals surface area contributed by atoms with E-state index in [-0.39, 0.29) is 16.7 Å². The average Bonchev–Trinajstić information content (AvgIpc) is 3.19. The third-order valence-corrected chi connectivity index (χ3v) is 5.18. The minimum absolute atomic E-state index is 0.0567. The topological polar surface area (TPSA) is 90.0 Å². The molecule has 1 aliphatic rings. The van der Waals surface area contributed by atoms with Gasteiger partial charge in [0.15, 0.2) is 5.82 Å². The van der Waals surface area contributed by atoms with Crippen molar-refractivity contribution in [1.82, 2.24) is 25.1 Å². The number of nitro groups is 1. The minimum Gasteiger partial charge on any atom is -0.290 e. The van der Waals surface area contributed by atoms with Crippen LogP contribution in [0.15, 0.2) is 48.5 Å². The van der Waals surface area contributed by atoms with Crippen LogP contribution in [0.3, 0.4) is 0 Å². The maximum Gasteiger partial charge on any atom is 0.269 e. The highest BCUT2D eigenvalue weighted by Crippen LogP contribution is 2.32. The van der Waals surface area contributed by atoms with Crippen LogP contribution in [0.5, 0.6) is 0 Å². The van der Waals surface area contributed by atoms with Gasteiger partial charge < -0.3 is 0 Å². The number of nitro benzene ring substituents is 1. The zero-order chi connectivity index (χ0) is 19.5. The Morgan fingerprint density at radius 3 is 2.61 bits per heavy atom. The normalized spacial score (nSPS) is 16.0. The number of aromatic nitrogens is 4. The van der Waals surface area contributed by atoms with Crippen LogP contribution < -0.4 is 0 Å². The molecule has 1 saturated heterocycles. The molecule has 0 bridgehead atoms. The summed E-state index contributed by atoms with van der Waals surface area (Å²) in [4.78, 5) is 13.2. The summed E-state index contributed by atoms with van der Waals surface area (Å²) >= 11 is 6.15. The van der Waals surface area contributed by atoms with Crippen LogP contribution in [0.25, 0.3) is 5.69 Å². The molecule has 28 heavy (non-hydrogen) atoms. The Labute approximate surface area is 166 Å². The van der Waals surface area contributed by atoms with E-state index in [9.17, 15) is 10.1 Å². The number of benzene rings is 2. The highest BCUT2D eigenvalue weighted by molar-refractivity contribution is 6.30. The van der Waals surface area contributed by atoms with Crippen molar-refractivity contribution in [3.05, 3.63) is 75.1 Å². The van der Waals surface area contributed by atoms with Gasteiger partial charge in [-0.05, 0) is 60.1 Å². The van der Waals surface area contributed by atoms with Gasteiger partial charge in [0.1, 0.15) is 0 Å². The zero-order valence-corrected chi connectivity index (χ0v) is 15.9. The maximum atomic E-state index is 11.3. The molecule has 0 radical (unpaired) electrons.